The Morgan fingerprint density at radius 1 is 1.27 bits per heavy atom. The van der Waals surface area contributed by atoms with E-state index in [2.05, 4.69) is 6.92 Å². The maximum Gasteiger partial charge on any atom is 0.256 e. The van der Waals surface area contributed by atoms with Crippen LogP contribution < -0.4 is 0 Å². The summed E-state index contributed by atoms with van der Waals surface area (Å²) in [5, 5.41) is 0. The summed E-state index contributed by atoms with van der Waals surface area (Å²) in [6.45, 7) is 6.94. The van der Waals surface area contributed by atoms with Crippen LogP contribution in [0.4, 0.5) is 8.78 Å². The fourth-order valence-electron chi connectivity index (χ4n) is 4.25. The van der Waals surface area contributed by atoms with E-state index in [1.54, 1.807) is 4.90 Å². The van der Waals surface area contributed by atoms with E-state index in [1.807, 2.05) is 18.7 Å². The largest absolute Gasteiger partial charge is 0.342 e. The standard InChI is InChI=1S/C19H29F2N3O2/c1-4-5-6-15-22-18(17(26)24(15)13(2)3)7-9-23(10-8-18)16(25)14-11-19(20,21)12-14/h13-14H,4-12H2,1-3H3. The molecule has 0 bridgehead atoms. The number of likely N-dealkylation sites (tertiary alicyclic amines) is 1. The van der Waals surface area contributed by atoms with E-state index in [9.17, 15) is 18.4 Å². The predicted octanol–water partition coefficient (Wildman–Crippen LogP) is 3.23. The number of unbranched alkanes of at least 4 members (excludes halogenated alkanes) is 1. The third-order valence-electron chi connectivity index (χ3n) is 5.85. The molecular formula is C19H29F2N3O2. The highest BCUT2D eigenvalue weighted by molar-refractivity contribution is 6.08. The molecule has 7 heteroatoms. The van der Waals surface area contributed by atoms with E-state index in [0.717, 1.165) is 25.1 Å². The van der Waals surface area contributed by atoms with Crippen molar-refractivity contribution in [1.29, 1.82) is 0 Å². The Labute approximate surface area is 153 Å². The Bertz CT molecular complexity index is 602. The van der Waals surface area contributed by atoms with Gasteiger partial charge in [-0.15, -0.1) is 0 Å². The summed E-state index contributed by atoms with van der Waals surface area (Å²) in [7, 11) is 0. The molecule has 5 nitrogen and oxygen atoms in total. The smallest absolute Gasteiger partial charge is 0.256 e. The lowest BCUT2D eigenvalue weighted by atomic mass is 9.79. The predicted molar refractivity (Wildman–Crippen MR) is 95.2 cm³/mol. The van der Waals surface area contributed by atoms with Gasteiger partial charge in [-0.05, 0) is 33.1 Å². The van der Waals surface area contributed by atoms with Crippen molar-refractivity contribution in [3.8, 4) is 0 Å². The molecule has 2 heterocycles. The number of amides is 2. The number of halogens is 2. The van der Waals surface area contributed by atoms with Gasteiger partial charge in [0, 0.05) is 44.3 Å². The Balaban J connectivity index is 1.66. The average molecular weight is 369 g/mol. The van der Waals surface area contributed by atoms with Crippen molar-refractivity contribution in [1.82, 2.24) is 9.80 Å². The highest BCUT2D eigenvalue weighted by Crippen LogP contribution is 2.44. The molecule has 2 aliphatic heterocycles. The van der Waals surface area contributed by atoms with Crippen LogP contribution in [-0.4, -0.2) is 58.0 Å². The average Bonchev–Trinajstić information content (AvgIpc) is 2.83. The van der Waals surface area contributed by atoms with Gasteiger partial charge in [0.25, 0.3) is 5.91 Å². The molecule has 0 atom stereocenters. The van der Waals surface area contributed by atoms with E-state index in [1.165, 1.54) is 0 Å². The topological polar surface area (TPSA) is 53.0 Å². The number of rotatable bonds is 5. The number of carbonyl (C=O) groups excluding carboxylic acids is 2. The Hall–Kier alpha value is -1.53. The molecule has 0 radical (unpaired) electrons. The molecule has 0 N–H and O–H groups in total. The molecule has 1 saturated heterocycles. The summed E-state index contributed by atoms with van der Waals surface area (Å²) in [6.07, 6.45) is 3.12. The molecule has 3 aliphatic rings. The first-order valence-corrected chi connectivity index (χ1v) is 9.78. The van der Waals surface area contributed by atoms with Gasteiger partial charge in [-0.25, -0.2) is 8.78 Å². The quantitative estimate of drug-likeness (QED) is 0.747. The zero-order valence-corrected chi connectivity index (χ0v) is 15.9. The number of hydrogen-bond acceptors (Lipinski definition) is 3. The van der Waals surface area contributed by atoms with Crippen LogP contribution in [-0.2, 0) is 9.59 Å². The van der Waals surface area contributed by atoms with Crippen LogP contribution in [0.3, 0.4) is 0 Å². The van der Waals surface area contributed by atoms with Gasteiger partial charge in [0.2, 0.25) is 11.8 Å². The minimum absolute atomic E-state index is 0.0425. The van der Waals surface area contributed by atoms with Crippen LogP contribution in [0.5, 0.6) is 0 Å². The van der Waals surface area contributed by atoms with Crippen LogP contribution in [0.2, 0.25) is 0 Å². The van der Waals surface area contributed by atoms with E-state index < -0.39 is 17.4 Å². The monoisotopic (exact) mass is 369 g/mol. The first-order valence-electron chi connectivity index (χ1n) is 9.78. The normalized spacial score (nSPS) is 25.0. The first kappa shape index (κ1) is 19.2. The van der Waals surface area contributed by atoms with Crippen molar-refractivity contribution in [2.45, 2.75) is 83.2 Å². The number of piperidine rings is 1. The summed E-state index contributed by atoms with van der Waals surface area (Å²) in [4.78, 5) is 33.8. The van der Waals surface area contributed by atoms with Crippen molar-refractivity contribution >= 4 is 17.6 Å². The molecule has 1 aliphatic carbocycles. The van der Waals surface area contributed by atoms with Crippen molar-refractivity contribution in [2.24, 2.45) is 10.9 Å². The SMILES string of the molecule is CCCCC1=NC2(CCN(C(=O)C3CC(F)(F)C3)CC2)C(=O)N1C(C)C. The maximum atomic E-state index is 13.1. The van der Waals surface area contributed by atoms with Gasteiger partial charge in [-0.1, -0.05) is 13.3 Å². The second-order valence-corrected chi connectivity index (χ2v) is 8.22. The van der Waals surface area contributed by atoms with Crippen LogP contribution in [0.15, 0.2) is 4.99 Å². The van der Waals surface area contributed by atoms with Gasteiger partial charge >= 0.3 is 0 Å². The number of carbonyl (C=O) groups is 2. The summed E-state index contributed by atoms with van der Waals surface area (Å²) in [5.74, 6) is -2.53. The molecule has 0 aromatic rings. The molecule has 0 aromatic carbocycles. The summed E-state index contributed by atoms with van der Waals surface area (Å²) in [6, 6.07) is 0.0642. The summed E-state index contributed by atoms with van der Waals surface area (Å²) >= 11 is 0. The molecule has 146 valence electrons. The van der Waals surface area contributed by atoms with Crippen molar-refractivity contribution in [2.75, 3.05) is 13.1 Å². The van der Waals surface area contributed by atoms with Crippen LogP contribution in [0, 0.1) is 5.92 Å². The van der Waals surface area contributed by atoms with Gasteiger partial charge in [0.1, 0.15) is 11.4 Å². The van der Waals surface area contributed by atoms with Crippen LogP contribution in [0.1, 0.15) is 65.7 Å². The third-order valence-corrected chi connectivity index (χ3v) is 5.85. The van der Waals surface area contributed by atoms with E-state index in [-0.39, 0.29) is 30.7 Å². The fourth-order valence-corrected chi connectivity index (χ4v) is 4.25. The van der Waals surface area contributed by atoms with E-state index in [4.69, 9.17) is 4.99 Å². The zero-order valence-electron chi connectivity index (χ0n) is 15.9. The lowest BCUT2D eigenvalue weighted by molar-refractivity contribution is -0.161. The Kier molecular flexibility index (Phi) is 5.10. The summed E-state index contributed by atoms with van der Waals surface area (Å²) in [5.41, 5.74) is -0.756. The zero-order chi connectivity index (χ0) is 19.1. The highest BCUT2D eigenvalue weighted by Gasteiger charge is 2.53. The molecule has 3 rings (SSSR count). The van der Waals surface area contributed by atoms with Gasteiger partial charge in [-0.2, -0.15) is 0 Å². The van der Waals surface area contributed by atoms with Crippen molar-refractivity contribution < 1.29 is 18.4 Å². The molecule has 26 heavy (non-hydrogen) atoms. The highest BCUT2D eigenvalue weighted by atomic mass is 19.3. The third kappa shape index (κ3) is 3.37. The van der Waals surface area contributed by atoms with E-state index >= 15 is 0 Å². The lowest BCUT2D eigenvalue weighted by Gasteiger charge is -2.41. The van der Waals surface area contributed by atoms with Gasteiger partial charge in [-0.3, -0.25) is 19.5 Å². The number of aliphatic imine (C=N–C) groups is 1. The maximum absolute atomic E-state index is 13.1. The molecule has 2 fully saturated rings. The van der Waals surface area contributed by atoms with Crippen molar-refractivity contribution in [3.63, 3.8) is 0 Å². The van der Waals surface area contributed by atoms with Crippen LogP contribution in [0.25, 0.3) is 0 Å². The van der Waals surface area contributed by atoms with Crippen LogP contribution >= 0.6 is 0 Å². The second kappa shape index (κ2) is 6.89. The lowest BCUT2D eigenvalue weighted by Crippen LogP contribution is -2.55. The molecular weight excluding hydrogens is 340 g/mol. The minimum Gasteiger partial charge on any atom is -0.342 e. The molecule has 2 amide bonds. The number of hydrogen-bond donors (Lipinski definition) is 0. The number of alkyl halides is 2. The van der Waals surface area contributed by atoms with E-state index in [0.29, 0.717) is 25.9 Å². The number of nitrogens with zero attached hydrogens (tertiary/aromatic N) is 3. The Morgan fingerprint density at radius 3 is 2.38 bits per heavy atom. The molecule has 1 spiro atoms. The van der Waals surface area contributed by atoms with Gasteiger partial charge in [0.15, 0.2) is 0 Å². The molecule has 0 aromatic heterocycles. The Morgan fingerprint density at radius 2 is 1.88 bits per heavy atom. The minimum atomic E-state index is -2.69. The van der Waals surface area contributed by atoms with Crippen molar-refractivity contribution in [3.05, 3.63) is 0 Å². The summed E-state index contributed by atoms with van der Waals surface area (Å²) < 4.78 is 26.1. The molecule has 1 saturated carbocycles. The van der Waals surface area contributed by atoms with Gasteiger partial charge < -0.3 is 4.90 Å². The molecule has 0 unspecified atom stereocenters. The number of amidine groups is 1. The fraction of sp³-hybridized carbons (Fsp3) is 0.842. The first-order chi connectivity index (χ1) is 12.2. The van der Waals surface area contributed by atoms with Gasteiger partial charge in [0.05, 0.1) is 0 Å². The second-order valence-electron chi connectivity index (χ2n) is 8.22.